The molecule has 2 fully saturated rings. The van der Waals surface area contributed by atoms with Crippen molar-refractivity contribution < 1.29 is 18.8 Å². The summed E-state index contributed by atoms with van der Waals surface area (Å²) in [6.07, 6.45) is 3.35. The third kappa shape index (κ3) is 5.15. The Morgan fingerprint density at radius 3 is 2.68 bits per heavy atom. The highest BCUT2D eigenvalue weighted by Gasteiger charge is 2.31. The SMILES string of the molecule is Cc1cc(-c2cnc(N3CCOCC3)nc2C2CCCN(C(=O)OC(C)(C)C)C2)on1. The quantitative estimate of drug-likeness (QED) is 0.733. The van der Waals surface area contributed by atoms with Crippen LogP contribution in [-0.4, -0.2) is 71.1 Å². The number of likely N-dealkylation sites (tertiary alicyclic amines) is 1. The van der Waals surface area contributed by atoms with Gasteiger partial charge < -0.3 is 23.8 Å². The normalized spacial score (nSPS) is 20.1. The second-order valence-corrected chi connectivity index (χ2v) is 9.17. The van der Waals surface area contributed by atoms with Gasteiger partial charge in [0.25, 0.3) is 0 Å². The molecule has 31 heavy (non-hydrogen) atoms. The highest BCUT2D eigenvalue weighted by Crippen LogP contribution is 2.34. The van der Waals surface area contributed by atoms with Crippen molar-refractivity contribution in [2.75, 3.05) is 44.3 Å². The maximum Gasteiger partial charge on any atom is 0.410 e. The molecule has 9 nitrogen and oxygen atoms in total. The van der Waals surface area contributed by atoms with Crippen molar-refractivity contribution in [1.29, 1.82) is 0 Å². The molecule has 0 N–H and O–H groups in total. The molecule has 0 spiro atoms. The van der Waals surface area contributed by atoms with Gasteiger partial charge in [0.05, 0.1) is 30.2 Å². The molecule has 168 valence electrons. The van der Waals surface area contributed by atoms with Gasteiger partial charge in [0.15, 0.2) is 5.76 Å². The average molecular weight is 430 g/mol. The minimum absolute atomic E-state index is 0.0597. The minimum atomic E-state index is -0.523. The third-order valence-corrected chi connectivity index (χ3v) is 5.45. The lowest BCUT2D eigenvalue weighted by atomic mass is 9.91. The van der Waals surface area contributed by atoms with Crippen LogP contribution >= 0.6 is 0 Å². The van der Waals surface area contributed by atoms with E-state index in [1.807, 2.05) is 40.0 Å². The summed E-state index contributed by atoms with van der Waals surface area (Å²) >= 11 is 0. The van der Waals surface area contributed by atoms with E-state index < -0.39 is 5.60 Å². The Bertz CT molecular complexity index is 917. The zero-order valence-corrected chi connectivity index (χ0v) is 18.8. The number of hydrogen-bond acceptors (Lipinski definition) is 8. The lowest BCUT2D eigenvalue weighted by molar-refractivity contribution is 0.0197. The van der Waals surface area contributed by atoms with Crippen molar-refractivity contribution >= 4 is 12.0 Å². The maximum absolute atomic E-state index is 12.7. The van der Waals surface area contributed by atoms with Gasteiger partial charge in [0.1, 0.15) is 5.60 Å². The van der Waals surface area contributed by atoms with Crippen molar-refractivity contribution in [3.05, 3.63) is 23.7 Å². The molecule has 2 aliphatic rings. The van der Waals surface area contributed by atoms with Gasteiger partial charge in [0.2, 0.25) is 5.95 Å². The highest BCUT2D eigenvalue weighted by molar-refractivity contribution is 5.69. The first kappa shape index (κ1) is 21.5. The first-order chi connectivity index (χ1) is 14.8. The third-order valence-electron chi connectivity index (χ3n) is 5.45. The summed E-state index contributed by atoms with van der Waals surface area (Å²) in [5, 5.41) is 4.03. The lowest BCUT2D eigenvalue weighted by Crippen LogP contribution is -2.42. The molecule has 1 atom stereocenters. The Balaban J connectivity index is 1.64. The zero-order chi connectivity index (χ0) is 22.0. The predicted octanol–water partition coefficient (Wildman–Crippen LogP) is 3.39. The van der Waals surface area contributed by atoms with Crippen molar-refractivity contribution in [2.24, 2.45) is 0 Å². The Morgan fingerprint density at radius 1 is 1.23 bits per heavy atom. The molecule has 1 amide bonds. The summed E-state index contributed by atoms with van der Waals surface area (Å²) in [6.45, 7) is 11.6. The molecular weight excluding hydrogens is 398 g/mol. The average Bonchev–Trinajstić information content (AvgIpc) is 3.19. The van der Waals surface area contributed by atoms with Crippen LogP contribution in [-0.2, 0) is 9.47 Å². The maximum atomic E-state index is 12.7. The second kappa shape index (κ2) is 8.82. The fraction of sp³-hybridized carbons (Fsp3) is 0.636. The molecule has 2 aromatic rings. The standard InChI is InChI=1S/C22H31N5O4/c1-15-12-18(31-25-15)17-13-23-20(26-8-10-29-11-9-26)24-19(17)16-6-5-7-27(14-16)21(28)30-22(2,3)4/h12-13,16H,5-11,14H2,1-4H3. The molecule has 2 aliphatic heterocycles. The van der Waals surface area contributed by atoms with Crippen LogP contribution in [0.4, 0.5) is 10.7 Å². The molecule has 1 unspecified atom stereocenters. The van der Waals surface area contributed by atoms with E-state index in [-0.39, 0.29) is 12.0 Å². The molecule has 0 bridgehead atoms. The Hall–Kier alpha value is -2.68. The minimum Gasteiger partial charge on any atom is -0.444 e. The molecule has 4 rings (SSSR count). The first-order valence-corrected chi connectivity index (χ1v) is 10.9. The van der Waals surface area contributed by atoms with Crippen LogP contribution in [0.1, 0.15) is 50.9 Å². The fourth-order valence-electron chi connectivity index (χ4n) is 3.99. The van der Waals surface area contributed by atoms with Gasteiger partial charge in [-0.2, -0.15) is 0 Å². The summed E-state index contributed by atoms with van der Waals surface area (Å²) in [7, 11) is 0. The summed E-state index contributed by atoms with van der Waals surface area (Å²) in [5.41, 5.74) is 2.00. The van der Waals surface area contributed by atoms with Crippen LogP contribution in [0.2, 0.25) is 0 Å². The number of carbonyl (C=O) groups excluding carboxylic acids is 1. The van der Waals surface area contributed by atoms with E-state index in [0.717, 1.165) is 42.9 Å². The van der Waals surface area contributed by atoms with Crippen LogP contribution in [0, 0.1) is 6.92 Å². The molecular formula is C22H31N5O4. The van der Waals surface area contributed by atoms with Gasteiger partial charge in [-0.3, -0.25) is 0 Å². The second-order valence-electron chi connectivity index (χ2n) is 9.17. The molecule has 2 saturated heterocycles. The van der Waals surface area contributed by atoms with E-state index in [4.69, 9.17) is 19.0 Å². The van der Waals surface area contributed by atoms with Crippen LogP contribution < -0.4 is 4.90 Å². The van der Waals surface area contributed by atoms with E-state index in [9.17, 15) is 4.79 Å². The van der Waals surface area contributed by atoms with Crippen molar-refractivity contribution in [2.45, 2.75) is 52.1 Å². The topological polar surface area (TPSA) is 93.8 Å². The van der Waals surface area contributed by atoms with Crippen LogP contribution in [0.25, 0.3) is 11.3 Å². The van der Waals surface area contributed by atoms with Gasteiger partial charge in [-0.05, 0) is 40.5 Å². The number of ether oxygens (including phenoxy) is 2. The Labute approximate surface area is 182 Å². The molecule has 2 aromatic heterocycles. The van der Waals surface area contributed by atoms with E-state index in [0.29, 0.717) is 38.0 Å². The summed E-state index contributed by atoms with van der Waals surface area (Å²) in [4.78, 5) is 26.2. The predicted molar refractivity (Wildman–Crippen MR) is 115 cm³/mol. The number of amides is 1. The van der Waals surface area contributed by atoms with E-state index in [2.05, 4.69) is 15.0 Å². The molecule has 0 saturated carbocycles. The highest BCUT2D eigenvalue weighted by atomic mass is 16.6. The molecule has 0 radical (unpaired) electrons. The van der Waals surface area contributed by atoms with E-state index >= 15 is 0 Å². The van der Waals surface area contributed by atoms with Crippen molar-refractivity contribution in [3.63, 3.8) is 0 Å². The number of piperidine rings is 1. The molecule has 4 heterocycles. The fourth-order valence-corrected chi connectivity index (χ4v) is 3.99. The number of nitrogens with zero attached hydrogens (tertiary/aromatic N) is 5. The largest absolute Gasteiger partial charge is 0.444 e. The number of aromatic nitrogens is 3. The van der Waals surface area contributed by atoms with E-state index in [1.165, 1.54) is 0 Å². The molecule has 9 heteroatoms. The zero-order valence-electron chi connectivity index (χ0n) is 18.8. The van der Waals surface area contributed by atoms with Crippen LogP contribution in [0.15, 0.2) is 16.8 Å². The number of aryl methyl sites for hydroxylation is 1. The smallest absolute Gasteiger partial charge is 0.410 e. The number of anilines is 1. The summed E-state index contributed by atoms with van der Waals surface area (Å²) < 4.78 is 16.6. The Morgan fingerprint density at radius 2 is 2.00 bits per heavy atom. The number of hydrogen-bond donors (Lipinski definition) is 0. The number of carbonyl (C=O) groups is 1. The Kier molecular flexibility index (Phi) is 6.13. The van der Waals surface area contributed by atoms with Crippen molar-refractivity contribution in [3.8, 4) is 11.3 Å². The van der Waals surface area contributed by atoms with Gasteiger partial charge >= 0.3 is 6.09 Å². The molecule has 0 aromatic carbocycles. The van der Waals surface area contributed by atoms with Crippen LogP contribution in [0.5, 0.6) is 0 Å². The number of rotatable bonds is 3. The van der Waals surface area contributed by atoms with Crippen molar-refractivity contribution in [1.82, 2.24) is 20.0 Å². The lowest BCUT2D eigenvalue weighted by Gasteiger charge is -2.34. The summed E-state index contributed by atoms with van der Waals surface area (Å²) in [5.74, 6) is 1.40. The van der Waals surface area contributed by atoms with Crippen LogP contribution in [0.3, 0.4) is 0 Å². The van der Waals surface area contributed by atoms with Gasteiger partial charge in [-0.25, -0.2) is 14.8 Å². The first-order valence-electron chi connectivity index (χ1n) is 10.9. The summed E-state index contributed by atoms with van der Waals surface area (Å²) in [6, 6.07) is 1.89. The van der Waals surface area contributed by atoms with Gasteiger partial charge in [-0.1, -0.05) is 5.16 Å². The molecule has 0 aliphatic carbocycles. The van der Waals surface area contributed by atoms with E-state index in [1.54, 1.807) is 4.90 Å². The van der Waals surface area contributed by atoms with Gasteiger partial charge in [-0.15, -0.1) is 0 Å². The number of morpholine rings is 1. The monoisotopic (exact) mass is 429 g/mol. The van der Waals surface area contributed by atoms with Gasteiger partial charge in [0, 0.05) is 44.4 Å².